The topological polar surface area (TPSA) is 60.9 Å². The standard InChI is InChI=1S/C24H15ClN6/c25-18-10-8-16(9-11-18)21-13-22-27-15-20-23(17-5-4-12-26-14-17)29-30(24(20)31(22)28-21)19-6-2-1-3-7-19/h1-15H. The first-order valence-corrected chi connectivity index (χ1v) is 10.1. The van der Waals surface area contributed by atoms with Gasteiger partial charge in [0.2, 0.25) is 0 Å². The first-order chi connectivity index (χ1) is 15.3. The summed E-state index contributed by atoms with van der Waals surface area (Å²) >= 11 is 6.05. The second-order valence-electron chi connectivity index (χ2n) is 7.14. The Morgan fingerprint density at radius 3 is 2.39 bits per heavy atom. The van der Waals surface area contributed by atoms with Crippen LogP contribution in [0.25, 0.3) is 44.9 Å². The van der Waals surface area contributed by atoms with Crippen molar-refractivity contribution in [3.8, 4) is 28.2 Å². The third-order valence-electron chi connectivity index (χ3n) is 5.19. The molecule has 0 saturated carbocycles. The molecule has 6 aromatic rings. The van der Waals surface area contributed by atoms with Crippen LogP contribution in [0.5, 0.6) is 0 Å². The lowest BCUT2D eigenvalue weighted by atomic mass is 10.1. The minimum absolute atomic E-state index is 0.691. The number of aromatic nitrogens is 6. The van der Waals surface area contributed by atoms with Gasteiger partial charge in [0.1, 0.15) is 5.69 Å². The van der Waals surface area contributed by atoms with Gasteiger partial charge in [-0.25, -0.2) is 9.67 Å². The highest BCUT2D eigenvalue weighted by Crippen LogP contribution is 2.30. The van der Waals surface area contributed by atoms with E-state index >= 15 is 0 Å². The molecule has 2 aromatic carbocycles. The number of para-hydroxylation sites is 1. The van der Waals surface area contributed by atoms with Crippen molar-refractivity contribution in [1.29, 1.82) is 0 Å². The molecule has 0 bridgehead atoms. The lowest BCUT2D eigenvalue weighted by Crippen LogP contribution is -2.02. The van der Waals surface area contributed by atoms with E-state index in [1.165, 1.54) is 0 Å². The molecule has 6 rings (SSSR count). The van der Waals surface area contributed by atoms with Crippen molar-refractivity contribution in [3.63, 3.8) is 0 Å². The third kappa shape index (κ3) is 2.96. The zero-order chi connectivity index (χ0) is 20.8. The van der Waals surface area contributed by atoms with Gasteiger partial charge in [-0.05, 0) is 36.4 Å². The summed E-state index contributed by atoms with van der Waals surface area (Å²) in [6, 6.07) is 23.5. The minimum atomic E-state index is 0.691. The molecule has 0 aliphatic rings. The van der Waals surface area contributed by atoms with Crippen LogP contribution in [0.15, 0.2) is 91.4 Å². The maximum atomic E-state index is 6.05. The second-order valence-corrected chi connectivity index (χ2v) is 7.58. The van der Waals surface area contributed by atoms with E-state index in [0.717, 1.165) is 44.9 Å². The van der Waals surface area contributed by atoms with Gasteiger partial charge >= 0.3 is 0 Å². The van der Waals surface area contributed by atoms with Crippen LogP contribution in [0.1, 0.15) is 0 Å². The fourth-order valence-corrected chi connectivity index (χ4v) is 3.85. The average Bonchev–Trinajstić information content (AvgIpc) is 3.42. The van der Waals surface area contributed by atoms with Crippen molar-refractivity contribution in [2.24, 2.45) is 0 Å². The smallest absolute Gasteiger partial charge is 0.169 e. The molecule has 4 heterocycles. The minimum Gasteiger partial charge on any atom is -0.264 e. The molecule has 0 amide bonds. The molecule has 7 heteroatoms. The molecule has 0 saturated heterocycles. The molecular formula is C24H15ClN6. The van der Waals surface area contributed by atoms with Gasteiger partial charge in [-0.15, -0.1) is 0 Å². The van der Waals surface area contributed by atoms with E-state index in [2.05, 4.69) is 9.97 Å². The maximum Gasteiger partial charge on any atom is 0.169 e. The summed E-state index contributed by atoms with van der Waals surface area (Å²) in [4.78, 5) is 8.93. The van der Waals surface area contributed by atoms with E-state index in [9.17, 15) is 0 Å². The first-order valence-electron chi connectivity index (χ1n) is 9.77. The predicted octanol–water partition coefficient (Wildman–Crippen LogP) is 5.45. The Bertz CT molecular complexity index is 1520. The number of hydrogen-bond acceptors (Lipinski definition) is 4. The lowest BCUT2D eigenvalue weighted by Gasteiger charge is -2.04. The Kier molecular flexibility index (Phi) is 4.04. The third-order valence-corrected chi connectivity index (χ3v) is 5.44. The molecule has 0 spiro atoms. The molecule has 0 fully saturated rings. The van der Waals surface area contributed by atoms with Crippen LogP contribution in [0.3, 0.4) is 0 Å². The highest BCUT2D eigenvalue weighted by Gasteiger charge is 2.19. The number of pyridine rings is 1. The molecule has 0 atom stereocenters. The Labute approximate surface area is 182 Å². The average molecular weight is 423 g/mol. The Balaban J connectivity index is 1.67. The molecule has 0 radical (unpaired) electrons. The van der Waals surface area contributed by atoms with Crippen LogP contribution < -0.4 is 0 Å². The maximum absolute atomic E-state index is 6.05. The van der Waals surface area contributed by atoms with Crippen molar-refractivity contribution < 1.29 is 0 Å². The van der Waals surface area contributed by atoms with E-state index in [4.69, 9.17) is 21.8 Å². The fourth-order valence-electron chi connectivity index (χ4n) is 3.72. The summed E-state index contributed by atoms with van der Waals surface area (Å²) in [5, 5.41) is 11.4. The predicted molar refractivity (Wildman–Crippen MR) is 121 cm³/mol. The molecule has 148 valence electrons. The molecule has 6 nitrogen and oxygen atoms in total. The summed E-state index contributed by atoms with van der Waals surface area (Å²) in [5.41, 5.74) is 6.06. The molecule has 0 unspecified atom stereocenters. The van der Waals surface area contributed by atoms with Crippen LogP contribution >= 0.6 is 11.6 Å². The van der Waals surface area contributed by atoms with Crippen LogP contribution in [0.4, 0.5) is 0 Å². The van der Waals surface area contributed by atoms with E-state index in [-0.39, 0.29) is 0 Å². The van der Waals surface area contributed by atoms with Gasteiger partial charge in [-0.3, -0.25) is 4.98 Å². The Hall–Kier alpha value is -4.03. The molecule has 0 N–H and O–H groups in total. The van der Waals surface area contributed by atoms with E-state index in [1.807, 2.05) is 94.4 Å². The number of fused-ring (bicyclic) bond motifs is 3. The van der Waals surface area contributed by atoms with Gasteiger partial charge in [0.15, 0.2) is 11.3 Å². The van der Waals surface area contributed by atoms with Crippen molar-refractivity contribution >= 4 is 28.3 Å². The van der Waals surface area contributed by atoms with Crippen molar-refractivity contribution in [3.05, 3.63) is 96.4 Å². The monoisotopic (exact) mass is 422 g/mol. The highest BCUT2D eigenvalue weighted by atomic mass is 35.5. The Morgan fingerprint density at radius 1 is 0.774 bits per heavy atom. The number of benzene rings is 2. The van der Waals surface area contributed by atoms with Gasteiger partial charge in [-0.2, -0.15) is 14.7 Å². The molecule has 0 aliphatic heterocycles. The molecular weight excluding hydrogens is 408 g/mol. The SMILES string of the molecule is Clc1ccc(-c2cc3ncc4c(-c5cccnc5)nn(-c5ccccc5)c4n3n2)cc1. The van der Waals surface area contributed by atoms with Gasteiger partial charge in [-0.1, -0.05) is 41.9 Å². The van der Waals surface area contributed by atoms with Gasteiger partial charge in [0, 0.05) is 40.8 Å². The molecule has 31 heavy (non-hydrogen) atoms. The van der Waals surface area contributed by atoms with Gasteiger partial charge in [0.05, 0.1) is 16.8 Å². The van der Waals surface area contributed by atoms with E-state index in [1.54, 1.807) is 6.20 Å². The zero-order valence-corrected chi connectivity index (χ0v) is 17.0. The van der Waals surface area contributed by atoms with Crippen molar-refractivity contribution in [2.75, 3.05) is 0 Å². The number of nitrogens with zero attached hydrogens (tertiary/aromatic N) is 6. The quantitative estimate of drug-likeness (QED) is 0.380. The summed E-state index contributed by atoms with van der Waals surface area (Å²) in [6.45, 7) is 0. The number of halogens is 1. The summed E-state index contributed by atoms with van der Waals surface area (Å²) in [6.07, 6.45) is 5.42. The molecule has 4 aromatic heterocycles. The first kappa shape index (κ1) is 17.8. The summed E-state index contributed by atoms with van der Waals surface area (Å²) in [5.74, 6) is 0. The normalized spacial score (nSPS) is 11.4. The van der Waals surface area contributed by atoms with Crippen molar-refractivity contribution in [2.45, 2.75) is 0 Å². The second kappa shape index (κ2) is 7.04. The van der Waals surface area contributed by atoms with Crippen LogP contribution in [0, 0.1) is 0 Å². The Morgan fingerprint density at radius 2 is 1.61 bits per heavy atom. The molecule has 0 aliphatic carbocycles. The van der Waals surface area contributed by atoms with Gasteiger partial charge in [0.25, 0.3) is 0 Å². The van der Waals surface area contributed by atoms with Crippen LogP contribution in [-0.2, 0) is 0 Å². The van der Waals surface area contributed by atoms with Crippen LogP contribution in [0.2, 0.25) is 5.02 Å². The summed E-state index contributed by atoms with van der Waals surface area (Å²) in [7, 11) is 0. The highest BCUT2D eigenvalue weighted by molar-refractivity contribution is 6.30. The van der Waals surface area contributed by atoms with Crippen molar-refractivity contribution in [1.82, 2.24) is 29.4 Å². The largest absolute Gasteiger partial charge is 0.264 e. The number of hydrogen-bond donors (Lipinski definition) is 0. The number of rotatable bonds is 3. The van der Waals surface area contributed by atoms with Gasteiger partial charge < -0.3 is 0 Å². The zero-order valence-electron chi connectivity index (χ0n) is 16.2. The van der Waals surface area contributed by atoms with E-state index in [0.29, 0.717) is 5.02 Å². The summed E-state index contributed by atoms with van der Waals surface area (Å²) < 4.78 is 3.75. The van der Waals surface area contributed by atoms with E-state index < -0.39 is 0 Å². The van der Waals surface area contributed by atoms with Crippen LogP contribution in [-0.4, -0.2) is 29.4 Å². The fraction of sp³-hybridized carbons (Fsp3) is 0. The lowest BCUT2D eigenvalue weighted by molar-refractivity contribution is 0.859.